The summed E-state index contributed by atoms with van der Waals surface area (Å²) in [5.41, 5.74) is 0. The summed E-state index contributed by atoms with van der Waals surface area (Å²) in [6.45, 7) is 3.82. The Kier molecular flexibility index (Phi) is 58.8. The molecule has 1 rings (SSSR count). The quantitative estimate of drug-likeness (QED) is 0.0261. The van der Waals surface area contributed by atoms with Crippen LogP contribution in [0.1, 0.15) is 361 Å². The third-order valence-electron chi connectivity index (χ3n) is 17.2. The lowest BCUT2D eigenvalue weighted by atomic mass is 9.99. The van der Waals surface area contributed by atoms with Gasteiger partial charge in [0, 0.05) is 6.42 Å². The largest absolute Gasteiger partial charge is 0.394 e. The molecule has 1 saturated heterocycles. The van der Waals surface area contributed by atoms with Crippen molar-refractivity contribution in [3.8, 4) is 0 Å². The van der Waals surface area contributed by atoms with Crippen molar-refractivity contribution < 1.29 is 39.8 Å². The van der Waals surface area contributed by atoms with E-state index in [2.05, 4.69) is 43.5 Å². The number of hydrogen-bond donors (Lipinski definition) is 6. The lowest BCUT2D eigenvalue weighted by Crippen LogP contribution is -2.60. The molecule has 0 radical (unpaired) electrons. The van der Waals surface area contributed by atoms with Crippen LogP contribution in [-0.2, 0) is 14.3 Å². The average Bonchev–Trinajstić information content (AvgIpc) is 3.47. The van der Waals surface area contributed by atoms with E-state index in [1.54, 1.807) is 6.08 Å². The molecular weight excluding hydrogens is 1010 g/mol. The summed E-state index contributed by atoms with van der Waals surface area (Å²) in [6, 6.07) is -0.828. The number of amides is 1. The molecule has 1 heterocycles. The van der Waals surface area contributed by atoms with E-state index in [0.29, 0.717) is 6.42 Å². The van der Waals surface area contributed by atoms with Crippen LogP contribution in [0, 0.1) is 0 Å². The summed E-state index contributed by atoms with van der Waals surface area (Å²) in [5.74, 6) is -0.183. The highest BCUT2D eigenvalue weighted by atomic mass is 16.7. The molecule has 6 N–H and O–H groups in total. The maximum Gasteiger partial charge on any atom is 0.220 e. The van der Waals surface area contributed by atoms with Crippen molar-refractivity contribution in [2.75, 3.05) is 13.2 Å². The van der Waals surface area contributed by atoms with Gasteiger partial charge in [-0.2, -0.15) is 0 Å². The number of nitrogens with one attached hydrogen (secondary N) is 1. The minimum atomic E-state index is -1.57. The van der Waals surface area contributed by atoms with Crippen molar-refractivity contribution in [2.24, 2.45) is 0 Å². The first kappa shape index (κ1) is 77.4. The summed E-state index contributed by atoms with van der Waals surface area (Å²) in [4.78, 5) is 13.1. The molecule has 478 valence electrons. The van der Waals surface area contributed by atoms with E-state index in [-0.39, 0.29) is 12.5 Å². The van der Waals surface area contributed by atoms with Crippen molar-refractivity contribution in [3.05, 3.63) is 36.5 Å². The van der Waals surface area contributed by atoms with E-state index in [0.717, 1.165) is 44.9 Å². The maximum atomic E-state index is 13.1. The Morgan fingerprint density at radius 3 is 1.04 bits per heavy atom. The first-order chi connectivity index (χ1) is 39.8. The predicted molar refractivity (Wildman–Crippen MR) is 346 cm³/mol. The Morgan fingerprint density at radius 2 is 0.704 bits per heavy atom. The lowest BCUT2D eigenvalue weighted by molar-refractivity contribution is -0.302. The molecule has 0 aromatic carbocycles. The van der Waals surface area contributed by atoms with Crippen LogP contribution >= 0.6 is 0 Å². The topological polar surface area (TPSA) is 149 Å². The minimum Gasteiger partial charge on any atom is -0.394 e. The van der Waals surface area contributed by atoms with Gasteiger partial charge in [0.1, 0.15) is 24.4 Å². The molecule has 1 aliphatic heterocycles. The molecule has 0 aromatic heterocycles. The number of aliphatic hydroxyl groups is 5. The summed E-state index contributed by atoms with van der Waals surface area (Å²) < 4.78 is 11.3. The van der Waals surface area contributed by atoms with Gasteiger partial charge in [-0.05, 0) is 44.9 Å². The van der Waals surface area contributed by atoms with Gasteiger partial charge in [0.25, 0.3) is 0 Å². The van der Waals surface area contributed by atoms with Crippen molar-refractivity contribution >= 4 is 5.91 Å². The number of unbranched alkanes of at least 4 members (excludes halogenated alkanes) is 49. The molecule has 81 heavy (non-hydrogen) atoms. The van der Waals surface area contributed by atoms with E-state index in [1.165, 1.54) is 295 Å². The molecule has 1 aliphatic rings. The first-order valence-corrected chi connectivity index (χ1v) is 35.7. The van der Waals surface area contributed by atoms with Gasteiger partial charge in [-0.25, -0.2) is 0 Å². The molecule has 0 spiro atoms. The van der Waals surface area contributed by atoms with Crippen LogP contribution in [0.5, 0.6) is 0 Å². The SMILES string of the molecule is CCCCCCCCCCCCCCCCCCCC/C=C/CC/C=C/CC/C=C/C(O)C(COC1OC(CO)C(O)C(O)C1O)NC(=O)CCCCCCCCCCCCCCCCCCCCCCCCCCCCCCCC. The van der Waals surface area contributed by atoms with Gasteiger partial charge in [-0.15, -0.1) is 0 Å². The molecular formula is C72H137NO8. The average molecular weight is 1140 g/mol. The predicted octanol–water partition coefficient (Wildman–Crippen LogP) is 19.4. The van der Waals surface area contributed by atoms with Gasteiger partial charge in [0.2, 0.25) is 5.91 Å². The molecule has 0 aromatic rings. The molecule has 9 heteroatoms. The number of carbonyl (C=O) groups excluding carboxylic acids is 1. The first-order valence-electron chi connectivity index (χ1n) is 35.7. The molecule has 7 unspecified atom stereocenters. The third-order valence-corrected chi connectivity index (χ3v) is 17.2. The Morgan fingerprint density at radius 1 is 0.407 bits per heavy atom. The van der Waals surface area contributed by atoms with Gasteiger partial charge in [0.05, 0.1) is 25.4 Å². The van der Waals surface area contributed by atoms with Gasteiger partial charge < -0.3 is 40.3 Å². The van der Waals surface area contributed by atoms with Gasteiger partial charge in [0.15, 0.2) is 6.29 Å². The highest BCUT2D eigenvalue weighted by molar-refractivity contribution is 5.76. The van der Waals surface area contributed by atoms with Crippen LogP contribution in [0.25, 0.3) is 0 Å². The van der Waals surface area contributed by atoms with E-state index in [4.69, 9.17) is 9.47 Å². The molecule has 7 atom stereocenters. The molecule has 0 saturated carbocycles. The van der Waals surface area contributed by atoms with Crippen molar-refractivity contribution in [3.63, 3.8) is 0 Å². The maximum absolute atomic E-state index is 13.1. The number of allylic oxidation sites excluding steroid dienone is 5. The molecule has 1 amide bonds. The number of rotatable bonds is 63. The second kappa shape index (κ2) is 61.5. The van der Waals surface area contributed by atoms with Crippen LogP contribution < -0.4 is 5.32 Å². The number of hydrogen-bond acceptors (Lipinski definition) is 8. The number of ether oxygens (including phenoxy) is 2. The zero-order valence-electron chi connectivity index (χ0n) is 53.6. The van der Waals surface area contributed by atoms with E-state index < -0.39 is 49.5 Å². The summed E-state index contributed by atoms with van der Waals surface area (Å²) in [7, 11) is 0. The standard InChI is InChI=1S/C72H137NO8/c1-3-5-7-9-11-13-15-17-19-21-23-25-27-29-31-33-34-36-38-40-42-44-46-48-50-52-54-56-58-60-62-68(76)73-65(64-80-72-71(79)70(78)69(77)67(63-74)81-72)66(75)61-59-57-55-53-51-49-47-45-43-41-39-37-35-32-30-28-26-24-22-20-18-16-14-12-10-8-6-4-2/h43,45,51,53,59,61,65-67,69-72,74-75,77-79H,3-42,44,46-50,52,54-58,60,62-64H2,1-2H3,(H,73,76)/b45-43+,53-51+,61-59+. The fraction of sp³-hybridized carbons (Fsp3) is 0.903. The monoisotopic (exact) mass is 1140 g/mol. The fourth-order valence-corrected chi connectivity index (χ4v) is 11.6. The van der Waals surface area contributed by atoms with Crippen LogP contribution in [0.2, 0.25) is 0 Å². The highest BCUT2D eigenvalue weighted by Crippen LogP contribution is 2.23. The van der Waals surface area contributed by atoms with E-state index >= 15 is 0 Å². The van der Waals surface area contributed by atoms with Gasteiger partial charge >= 0.3 is 0 Å². The zero-order valence-corrected chi connectivity index (χ0v) is 53.6. The Bertz CT molecular complexity index is 1370. The fourth-order valence-electron chi connectivity index (χ4n) is 11.6. The van der Waals surface area contributed by atoms with Crippen molar-refractivity contribution in [2.45, 2.75) is 403 Å². The third kappa shape index (κ3) is 50.3. The second-order valence-electron chi connectivity index (χ2n) is 25.0. The second-order valence-corrected chi connectivity index (χ2v) is 25.0. The molecule has 9 nitrogen and oxygen atoms in total. The Hall–Kier alpha value is -1.59. The molecule has 1 fully saturated rings. The van der Waals surface area contributed by atoms with E-state index in [9.17, 15) is 30.3 Å². The van der Waals surface area contributed by atoms with Gasteiger partial charge in [-0.1, -0.05) is 346 Å². The lowest BCUT2D eigenvalue weighted by Gasteiger charge is -2.40. The smallest absolute Gasteiger partial charge is 0.220 e. The van der Waals surface area contributed by atoms with Crippen LogP contribution in [0.15, 0.2) is 36.5 Å². The van der Waals surface area contributed by atoms with Crippen molar-refractivity contribution in [1.82, 2.24) is 5.32 Å². The van der Waals surface area contributed by atoms with Crippen molar-refractivity contribution in [1.29, 1.82) is 0 Å². The Balaban J connectivity index is 2.14. The Labute approximate surface area is 501 Å². The summed E-state index contributed by atoms with van der Waals surface area (Å²) in [5, 5.41) is 54.7. The van der Waals surface area contributed by atoms with Crippen LogP contribution in [0.3, 0.4) is 0 Å². The number of aliphatic hydroxyl groups excluding tert-OH is 5. The highest BCUT2D eigenvalue weighted by Gasteiger charge is 2.44. The van der Waals surface area contributed by atoms with Crippen LogP contribution in [-0.4, -0.2) is 87.5 Å². The zero-order chi connectivity index (χ0) is 58.6. The molecule has 0 aliphatic carbocycles. The minimum absolute atomic E-state index is 0.183. The normalized spacial score (nSPS) is 18.5. The molecule has 0 bridgehead atoms. The van der Waals surface area contributed by atoms with E-state index in [1.807, 2.05) is 6.08 Å². The summed E-state index contributed by atoms with van der Waals surface area (Å²) >= 11 is 0. The van der Waals surface area contributed by atoms with Gasteiger partial charge in [-0.3, -0.25) is 4.79 Å². The number of carbonyl (C=O) groups is 1. The van der Waals surface area contributed by atoms with Crippen LogP contribution in [0.4, 0.5) is 0 Å². The summed E-state index contributed by atoms with van der Waals surface area (Å²) in [6.07, 6.45) is 75.5.